The number of benzene rings is 1. The fraction of sp³-hybridized carbons (Fsp3) is 0.600. The van der Waals surface area contributed by atoms with Gasteiger partial charge in [0.2, 0.25) is 0 Å². The van der Waals surface area contributed by atoms with Gasteiger partial charge < -0.3 is 19.9 Å². The molecule has 0 heterocycles. The SMILES string of the molecule is CCCOc1c(CN[C@@H](CC)CO)cc(Br)cc1OC. The third-order valence-electron chi connectivity index (χ3n) is 3.06. The Labute approximate surface area is 129 Å². The van der Waals surface area contributed by atoms with E-state index < -0.39 is 0 Å². The predicted molar refractivity (Wildman–Crippen MR) is 84.5 cm³/mol. The fourth-order valence-electron chi connectivity index (χ4n) is 1.87. The van der Waals surface area contributed by atoms with Crippen molar-refractivity contribution in [3.05, 3.63) is 22.2 Å². The Morgan fingerprint density at radius 2 is 2.10 bits per heavy atom. The van der Waals surface area contributed by atoms with E-state index in [2.05, 4.69) is 28.2 Å². The van der Waals surface area contributed by atoms with Crippen molar-refractivity contribution >= 4 is 15.9 Å². The van der Waals surface area contributed by atoms with Gasteiger partial charge in [0.05, 0.1) is 20.3 Å². The maximum Gasteiger partial charge on any atom is 0.165 e. The van der Waals surface area contributed by atoms with Crippen molar-refractivity contribution in [3.63, 3.8) is 0 Å². The minimum absolute atomic E-state index is 0.0963. The van der Waals surface area contributed by atoms with E-state index in [0.717, 1.165) is 34.4 Å². The number of nitrogens with one attached hydrogen (secondary N) is 1. The van der Waals surface area contributed by atoms with Gasteiger partial charge in [-0.15, -0.1) is 0 Å². The average molecular weight is 346 g/mol. The highest BCUT2D eigenvalue weighted by Crippen LogP contribution is 2.35. The number of hydrogen-bond donors (Lipinski definition) is 2. The third kappa shape index (κ3) is 4.96. The molecule has 20 heavy (non-hydrogen) atoms. The lowest BCUT2D eigenvalue weighted by atomic mass is 10.1. The monoisotopic (exact) mass is 345 g/mol. The van der Waals surface area contributed by atoms with Crippen LogP contribution in [0.2, 0.25) is 0 Å². The van der Waals surface area contributed by atoms with Crippen LogP contribution in [0.3, 0.4) is 0 Å². The van der Waals surface area contributed by atoms with Crippen LogP contribution in [0.4, 0.5) is 0 Å². The predicted octanol–water partition coefficient (Wildman–Crippen LogP) is 3.11. The largest absolute Gasteiger partial charge is 0.493 e. The molecule has 0 unspecified atom stereocenters. The van der Waals surface area contributed by atoms with Gasteiger partial charge in [-0.25, -0.2) is 0 Å². The Hall–Kier alpha value is -0.780. The molecular formula is C15H24BrNO3. The summed E-state index contributed by atoms with van der Waals surface area (Å²) in [4.78, 5) is 0. The van der Waals surface area contributed by atoms with Crippen molar-refractivity contribution in [2.24, 2.45) is 0 Å². The molecule has 1 aromatic carbocycles. The molecule has 0 saturated carbocycles. The number of ether oxygens (including phenoxy) is 2. The summed E-state index contributed by atoms with van der Waals surface area (Å²) in [5.74, 6) is 1.50. The standard InChI is InChI=1S/C15H24BrNO3/c1-4-6-20-15-11(9-17-13(5-2)10-18)7-12(16)8-14(15)19-3/h7-8,13,17-18H,4-6,9-10H2,1-3H3/t13-/m0/s1. The highest BCUT2D eigenvalue weighted by molar-refractivity contribution is 9.10. The van der Waals surface area contributed by atoms with Gasteiger partial charge in [0, 0.05) is 22.6 Å². The van der Waals surface area contributed by atoms with E-state index in [1.807, 2.05) is 19.1 Å². The molecule has 0 bridgehead atoms. The number of halogens is 1. The lowest BCUT2D eigenvalue weighted by Gasteiger charge is -2.18. The molecule has 2 N–H and O–H groups in total. The molecular weight excluding hydrogens is 322 g/mol. The fourth-order valence-corrected chi connectivity index (χ4v) is 2.35. The number of rotatable bonds is 9. The summed E-state index contributed by atoms with van der Waals surface area (Å²) in [6.07, 6.45) is 1.83. The summed E-state index contributed by atoms with van der Waals surface area (Å²) < 4.78 is 12.2. The Kier molecular flexibility index (Phi) is 7.95. The molecule has 0 amide bonds. The second kappa shape index (κ2) is 9.21. The minimum atomic E-state index is 0.0963. The maximum absolute atomic E-state index is 9.24. The first kappa shape index (κ1) is 17.3. The van der Waals surface area contributed by atoms with Gasteiger partial charge in [-0.1, -0.05) is 29.8 Å². The van der Waals surface area contributed by atoms with Crippen molar-refractivity contribution in [3.8, 4) is 11.5 Å². The molecule has 0 radical (unpaired) electrons. The van der Waals surface area contributed by atoms with Crippen molar-refractivity contribution in [1.29, 1.82) is 0 Å². The maximum atomic E-state index is 9.24. The summed E-state index contributed by atoms with van der Waals surface area (Å²) in [5, 5.41) is 12.6. The number of methoxy groups -OCH3 is 1. The van der Waals surface area contributed by atoms with Crippen molar-refractivity contribution < 1.29 is 14.6 Å². The second-order valence-corrected chi connectivity index (χ2v) is 5.53. The zero-order valence-corrected chi connectivity index (χ0v) is 14.0. The zero-order chi connectivity index (χ0) is 15.0. The van der Waals surface area contributed by atoms with Crippen molar-refractivity contribution in [2.45, 2.75) is 39.3 Å². The summed E-state index contributed by atoms with van der Waals surface area (Å²) in [5.41, 5.74) is 1.02. The Morgan fingerprint density at radius 1 is 1.35 bits per heavy atom. The first-order valence-electron chi connectivity index (χ1n) is 6.99. The quantitative estimate of drug-likeness (QED) is 0.721. The lowest BCUT2D eigenvalue weighted by Crippen LogP contribution is -2.31. The van der Waals surface area contributed by atoms with Crippen LogP contribution in [-0.2, 0) is 6.54 Å². The highest BCUT2D eigenvalue weighted by atomic mass is 79.9. The third-order valence-corrected chi connectivity index (χ3v) is 3.52. The molecule has 1 rings (SSSR count). The van der Waals surface area contributed by atoms with E-state index in [4.69, 9.17) is 9.47 Å². The molecule has 1 atom stereocenters. The summed E-state index contributed by atoms with van der Waals surface area (Å²) in [6.45, 7) is 5.54. The first-order valence-corrected chi connectivity index (χ1v) is 7.78. The van der Waals surface area contributed by atoms with E-state index in [-0.39, 0.29) is 12.6 Å². The van der Waals surface area contributed by atoms with Crippen molar-refractivity contribution in [1.82, 2.24) is 5.32 Å². The van der Waals surface area contributed by atoms with Gasteiger partial charge in [-0.05, 0) is 25.0 Å². The lowest BCUT2D eigenvalue weighted by molar-refractivity contribution is 0.237. The zero-order valence-electron chi connectivity index (χ0n) is 12.4. The highest BCUT2D eigenvalue weighted by Gasteiger charge is 2.14. The minimum Gasteiger partial charge on any atom is -0.493 e. The number of aliphatic hydroxyl groups excluding tert-OH is 1. The Bertz CT molecular complexity index is 408. The van der Waals surface area contributed by atoms with Crippen LogP contribution in [-0.4, -0.2) is 31.5 Å². The molecule has 0 spiro atoms. The van der Waals surface area contributed by atoms with Crippen LogP contribution >= 0.6 is 15.9 Å². The molecule has 0 aliphatic carbocycles. The Morgan fingerprint density at radius 3 is 2.65 bits per heavy atom. The smallest absolute Gasteiger partial charge is 0.165 e. The Balaban J connectivity index is 2.93. The summed E-state index contributed by atoms with van der Waals surface area (Å²) in [6, 6.07) is 4.02. The molecule has 0 saturated heterocycles. The van der Waals surface area contributed by atoms with E-state index >= 15 is 0 Å². The molecule has 0 aliphatic heterocycles. The van der Waals surface area contributed by atoms with Gasteiger partial charge in [0.25, 0.3) is 0 Å². The van der Waals surface area contributed by atoms with Gasteiger partial charge in [0.15, 0.2) is 11.5 Å². The normalized spacial score (nSPS) is 12.2. The molecule has 5 heteroatoms. The summed E-state index contributed by atoms with van der Waals surface area (Å²) >= 11 is 3.48. The topological polar surface area (TPSA) is 50.7 Å². The molecule has 1 aromatic rings. The first-order chi connectivity index (χ1) is 9.65. The van der Waals surface area contributed by atoms with Gasteiger partial charge in [-0.2, -0.15) is 0 Å². The van der Waals surface area contributed by atoms with Crippen LogP contribution in [0.25, 0.3) is 0 Å². The van der Waals surface area contributed by atoms with Crippen LogP contribution < -0.4 is 14.8 Å². The second-order valence-electron chi connectivity index (χ2n) is 4.61. The van der Waals surface area contributed by atoms with Gasteiger partial charge >= 0.3 is 0 Å². The van der Waals surface area contributed by atoms with Crippen LogP contribution in [0, 0.1) is 0 Å². The summed E-state index contributed by atoms with van der Waals surface area (Å²) in [7, 11) is 1.64. The molecule has 0 fully saturated rings. The van der Waals surface area contributed by atoms with E-state index in [1.54, 1.807) is 7.11 Å². The van der Waals surface area contributed by atoms with Crippen LogP contribution in [0.5, 0.6) is 11.5 Å². The van der Waals surface area contributed by atoms with E-state index in [9.17, 15) is 5.11 Å². The molecule has 0 aromatic heterocycles. The van der Waals surface area contributed by atoms with Crippen LogP contribution in [0.15, 0.2) is 16.6 Å². The number of hydrogen-bond acceptors (Lipinski definition) is 4. The molecule has 0 aliphatic rings. The van der Waals surface area contributed by atoms with Gasteiger partial charge in [-0.3, -0.25) is 0 Å². The molecule has 4 nitrogen and oxygen atoms in total. The van der Waals surface area contributed by atoms with Crippen LogP contribution in [0.1, 0.15) is 32.3 Å². The van der Waals surface area contributed by atoms with E-state index in [1.165, 1.54) is 0 Å². The number of aliphatic hydroxyl groups is 1. The molecule has 114 valence electrons. The van der Waals surface area contributed by atoms with Crippen molar-refractivity contribution in [2.75, 3.05) is 20.3 Å². The van der Waals surface area contributed by atoms with Gasteiger partial charge in [0.1, 0.15) is 0 Å². The average Bonchev–Trinajstić information content (AvgIpc) is 2.46. The van der Waals surface area contributed by atoms with E-state index in [0.29, 0.717) is 13.2 Å².